The highest BCUT2D eigenvalue weighted by atomic mass is 16.5. The van der Waals surface area contributed by atoms with Crippen molar-refractivity contribution in [1.82, 2.24) is 20.2 Å². The number of aromatic nitrogens is 2. The summed E-state index contributed by atoms with van der Waals surface area (Å²) in [6, 6.07) is 19.6. The number of nitrogens with one attached hydrogen (secondary N) is 1. The molecule has 2 heterocycles. The molecular formula is C29H30N6O4. The minimum absolute atomic E-state index is 0.180. The van der Waals surface area contributed by atoms with Gasteiger partial charge in [0.05, 0.1) is 12.6 Å². The number of carbonyl (C=O) groups is 2. The Bertz CT molecular complexity index is 1520. The van der Waals surface area contributed by atoms with E-state index in [9.17, 15) is 9.59 Å². The zero-order valence-corrected chi connectivity index (χ0v) is 21.9. The number of hydrogen-bond acceptors (Lipinski definition) is 9. The van der Waals surface area contributed by atoms with Crippen LogP contribution in [0.1, 0.15) is 26.3 Å². The summed E-state index contributed by atoms with van der Waals surface area (Å²) in [5.41, 5.74) is 8.29. The average Bonchev–Trinajstić information content (AvgIpc) is 2.95. The van der Waals surface area contributed by atoms with Crippen molar-refractivity contribution in [2.45, 2.75) is 6.54 Å². The number of fused-ring (bicyclic) bond motifs is 1. The number of esters is 1. The lowest BCUT2D eigenvalue weighted by Crippen LogP contribution is -2.45. The van der Waals surface area contributed by atoms with Crippen LogP contribution in [0, 0.1) is 0 Å². The molecule has 1 aromatic heterocycles. The van der Waals surface area contributed by atoms with Crippen molar-refractivity contribution in [1.29, 1.82) is 0 Å². The van der Waals surface area contributed by atoms with Gasteiger partial charge in [0.15, 0.2) is 0 Å². The smallest absolute Gasteiger partial charge is 0.341 e. The van der Waals surface area contributed by atoms with Crippen molar-refractivity contribution < 1.29 is 19.1 Å². The maximum Gasteiger partial charge on any atom is 0.341 e. The van der Waals surface area contributed by atoms with Crippen LogP contribution in [-0.2, 0) is 11.3 Å². The lowest BCUT2D eigenvalue weighted by Gasteiger charge is -2.33. The van der Waals surface area contributed by atoms with Gasteiger partial charge in [-0.05, 0) is 55.1 Å². The Balaban J connectivity index is 1.29. The highest BCUT2D eigenvalue weighted by molar-refractivity contribution is 6.00. The van der Waals surface area contributed by atoms with E-state index >= 15 is 0 Å². The topological polar surface area (TPSA) is 123 Å². The Morgan fingerprint density at radius 3 is 2.56 bits per heavy atom. The predicted octanol–water partition coefficient (Wildman–Crippen LogP) is 3.47. The minimum atomic E-state index is -0.480. The fourth-order valence-electron chi connectivity index (χ4n) is 4.50. The standard InChI is InChI=1S/C29H30N6O4/c1-34-12-14-35(15-13-34)26-22-11-10-20(17-24(22)32-29(30)33-26)27(36)31-18-19-6-5-7-21(16-19)39-25-9-4-3-8-23(25)28(37)38-2/h3-11,16-17H,12-15,18H2,1-2H3,(H,31,36)(H2,30,32,33). The lowest BCUT2D eigenvalue weighted by molar-refractivity contribution is 0.0597. The maximum absolute atomic E-state index is 13.0. The fourth-order valence-corrected chi connectivity index (χ4v) is 4.50. The molecule has 1 aliphatic heterocycles. The Kier molecular flexibility index (Phi) is 7.55. The summed E-state index contributed by atoms with van der Waals surface area (Å²) in [6.45, 7) is 3.86. The van der Waals surface area contributed by atoms with E-state index in [4.69, 9.17) is 15.2 Å². The Hall–Kier alpha value is -4.70. The molecule has 4 aromatic rings. The number of para-hydroxylation sites is 1. The first-order valence-electron chi connectivity index (χ1n) is 12.6. The van der Waals surface area contributed by atoms with Crippen LogP contribution in [0.15, 0.2) is 66.7 Å². The van der Waals surface area contributed by atoms with Gasteiger partial charge in [0.2, 0.25) is 5.95 Å². The van der Waals surface area contributed by atoms with Crippen molar-refractivity contribution in [3.63, 3.8) is 0 Å². The van der Waals surface area contributed by atoms with Gasteiger partial charge < -0.3 is 30.3 Å². The second kappa shape index (κ2) is 11.4. The van der Waals surface area contributed by atoms with Crippen LogP contribution in [0.2, 0.25) is 0 Å². The molecule has 0 unspecified atom stereocenters. The molecule has 39 heavy (non-hydrogen) atoms. The summed E-state index contributed by atoms with van der Waals surface area (Å²) in [5, 5.41) is 3.81. The monoisotopic (exact) mass is 526 g/mol. The molecule has 5 rings (SSSR count). The summed E-state index contributed by atoms with van der Waals surface area (Å²) in [7, 11) is 3.43. The van der Waals surface area contributed by atoms with Crippen LogP contribution in [0.4, 0.5) is 11.8 Å². The third kappa shape index (κ3) is 5.91. The molecule has 1 saturated heterocycles. The van der Waals surface area contributed by atoms with Crippen LogP contribution in [0.25, 0.3) is 10.9 Å². The first kappa shape index (κ1) is 25.9. The minimum Gasteiger partial charge on any atom is -0.465 e. The number of benzene rings is 3. The molecule has 1 aliphatic rings. The zero-order valence-electron chi connectivity index (χ0n) is 21.9. The van der Waals surface area contributed by atoms with E-state index in [1.54, 1.807) is 42.5 Å². The molecule has 0 aliphatic carbocycles. The number of carbonyl (C=O) groups excluding carboxylic acids is 2. The van der Waals surface area contributed by atoms with Crippen LogP contribution >= 0.6 is 0 Å². The van der Waals surface area contributed by atoms with Crippen LogP contribution in [-0.4, -0.2) is 67.1 Å². The molecule has 0 spiro atoms. The Morgan fingerprint density at radius 2 is 1.77 bits per heavy atom. The highest BCUT2D eigenvalue weighted by Gasteiger charge is 2.20. The van der Waals surface area contributed by atoms with Gasteiger partial charge in [-0.15, -0.1) is 0 Å². The first-order chi connectivity index (χ1) is 18.9. The van der Waals surface area contributed by atoms with E-state index in [0.29, 0.717) is 28.1 Å². The number of likely N-dealkylation sites (N-methyl/N-ethyl adjacent to an activating group) is 1. The van der Waals surface area contributed by atoms with Gasteiger partial charge in [-0.25, -0.2) is 9.78 Å². The number of ether oxygens (including phenoxy) is 2. The Morgan fingerprint density at radius 1 is 0.974 bits per heavy atom. The second-order valence-electron chi connectivity index (χ2n) is 9.35. The van der Waals surface area contributed by atoms with Crippen LogP contribution in [0.3, 0.4) is 0 Å². The number of hydrogen-bond donors (Lipinski definition) is 2. The third-order valence-electron chi connectivity index (χ3n) is 6.63. The highest BCUT2D eigenvalue weighted by Crippen LogP contribution is 2.28. The molecule has 1 amide bonds. The van der Waals surface area contributed by atoms with Gasteiger partial charge in [0.25, 0.3) is 5.91 Å². The summed E-state index contributed by atoms with van der Waals surface area (Å²) >= 11 is 0. The predicted molar refractivity (Wildman–Crippen MR) is 149 cm³/mol. The molecule has 0 saturated carbocycles. The van der Waals surface area contributed by atoms with Gasteiger partial charge in [-0.2, -0.15) is 4.98 Å². The Labute approximate surface area is 226 Å². The molecule has 200 valence electrons. The fraction of sp³-hybridized carbons (Fsp3) is 0.241. The second-order valence-corrected chi connectivity index (χ2v) is 9.35. The molecule has 3 N–H and O–H groups in total. The molecule has 1 fully saturated rings. The third-order valence-corrected chi connectivity index (χ3v) is 6.63. The number of nitrogens with zero attached hydrogens (tertiary/aromatic N) is 4. The van der Waals surface area contributed by atoms with Crippen molar-refractivity contribution in [2.24, 2.45) is 0 Å². The number of methoxy groups -OCH3 is 1. The van der Waals surface area contributed by atoms with Crippen LogP contribution in [0.5, 0.6) is 11.5 Å². The number of anilines is 2. The van der Waals surface area contributed by atoms with Gasteiger partial charge in [0.1, 0.15) is 22.9 Å². The average molecular weight is 527 g/mol. The normalized spacial score (nSPS) is 13.7. The molecule has 3 aromatic carbocycles. The molecule has 0 bridgehead atoms. The molecule has 10 nitrogen and oxygen atoms in total. The van der Waals surface area contributed by atoms with Gasteiger partial charge >= 0.3 is 5.97 Å². The molecule has 0 radical (unpaired) electrons. The molecule has 10 heteroatoms. The van der Waals surface area contributed by atoms with E-state index in [1.807, 2.05) is 24.3 Å². The summed E-state index contributed by atoms with van der Waals surface area (Å²) in [4.78, 5) is 38.4. The summed E-state index contributed by atoms with van der Waals surface area (Å²) < 4.78 is 10.8. The van der Waals surface area contributed by atoms with Crippen molar-refractivity contribution in [3.05, 3.63) is 83.4 Å². The SMILES string of the molecule is COC(=O)c1ccccc1Oc1cccc(CNC(=O)c2ccc3c(N4CCN(C)CC4)nc(N)nc3c2)c1. The molecular weight excluding hydrogens is 496 g/mol. The lowest BCUT2D eigenvalue weighted by atomic mass is 10.1. The number of amides is 1. The number of nitrogen functional groups attached to an aromatic ring is 1. The quantitative estimate of drug-likeness (QED) is 0.349. The van der Waals surface area contributed by atoms with Crippen molar-refractivity contribution >= 4 is 34.5 Å². The van der Waals surface area contributed by atoms with E-state index in [2.05, 4.69) is 32.1 Å². The van der Waals surface area contributed by atoms with E-state index in [0.717, 1.165) is 42.9 Å². The van der Waals surface area contributed by atoms with E-state index < -0.39 is 5.97 Å². The molecule has 0 atom stereocenters. The zero-order chi connectivity index (χ0) is 27.4. The van der Waals surface area contributed by atoms with E-state index in [1.165, 1.54) is 7.11 Å². The van der Waals surface area contributed by atoms with E-state index in [-0.39, 0.29) is 18.4 Å². The number of piperazine rings is 1. The first-order valence-corrected chi connectivity index (χ1v) is 12.6. The van der Waals surface area contributed by atoms with Gasteiger partial charge in [-0.1, -0.05) is 24.3 Å². The number of rotatable bonds is 7. The van der Waals surface area contributed by atoms with Gasteiger partial charge in [0, 0.05) is 43.7 Å². The number of nitrogens with two attached hydrogens (primary N) is 1. The summed E-state index contributed by atoms with van der Waals surface area (Å²) in [6.07, 6.45) is 0. The van der Waals surface area contributed by atoms with Crippen molar-refractivity contribution in [2.75, 3.05) is 51.0 Å². The summed E-state index contributed by atoms with van der Waals surface area (Å²) in [5.74, 6) is 1.18. The maximum atomic E-state index is 13.0. The van der Waals surface area contributed by atoms with Crippen LogP contribution < -0.4 is 20.7 Å². The largest absolute Gasteiger partial charge is 0.465 e. The van der Waals surface area contributed by atoms with Gasteiger partial charge in [-0.3, -0.25) is 4.79 Å². The van der Waals surface area contributed by atoms with Crippen molar-refractivity contribution in [3.8, 4) is 11.5 Å².